The maximum atomic E-state index is 13.3. The van der Waals surface area contributed by atoms with Gasteiger partial charge in [0, 0.05) is 43.1 Å². The van der Waals surface area contributed by atoms with Crippen molar-refractivity contribution in [2.24, 2.45) is 7.05 Å². The van der Waals surface area contributed by atoms with Gasteiger partial charge in [0.2, 0.25) is 11.8 Å². The van der Waals surface area contributed by atoms with Crippen LogP contribution in [0.2, 0.25) is 0 Å². The van der Waals surface area contributed by atoms with Gasteiger partial charge in [-0.15, -0.1) is 5.10 Å². The number of hydrogen-bond donors (Lipinski definition) is 1. The van der Waals surface area contributed by atoms with Crippen LogP contribution in [0.15, 0.2) is 71.3 Å². The van der Waals surface area contributed by atoms with Crippen molar-refractivity contribution in [2.75, 3.05) is 23.3 Å². The molecule has 0 saturated carbocycles. The molecule has 5 aromatic rings. The average Bonchev–Trinajstić information content (AvgIpc) is 3.51. The number of anilines is 3. The van der Waals surface area contributed by atoms with Crippen LogP contribution >= 0.6 is 0 Å². The summed E-state index contributed by atoms with van der Waals surface area (Å²) in [6.45, 7) is 2.40. The third kappa shape index (κ3) is 4.43. The molecule has 4 heterocycles. The number of benzene rings is 2. The number of hydrogen-bond acceptors (Lipinski definition) is 9. The molecule has 12 heteroatoms. The number of likely N-dealkylation sites (tertiary alicyclic amines) is 1. The minimum atomic E-state index is -0.188. The molecule has 3 aromatic heterocycles. The van der Waals surface area contributed by atoms with Crippen LogP contribution in [0.4, 0.5) is 17.3 Å². The quantitative estimate of drug-likeness (QED) is 0.366. The van der Waals surface area contributed by atoms with Gasteiger partial charge in [-0.1, -0.05) is 23.3 Å². The monoisotopic (exact) mass is 509 g/mol. The highest BCUT2D eigenvalue weighted by Gasteiger charge is 2.38. The Labute approximate surface area is 216 Å². The number of rotatable bonds is 6. The Morgan fingerprint density at radius 3 is 2.63 bits per heavy atom. The maximum absolute atomic E-state index is 13.3. The fourth-order valence-electron chi connectivity index (χ4n) is 4.41. The number of oxazole rings is 1. The standard InChI is InChI=1S/C26H23N9O3/c1-16(36)28-18-8-9-23-21(13-18)29-24(38-23)17-10-11-27-22(12-17)25(37)34-14-20(15-34)35(19-6-4-3-5-7-19)26-30-32-33(2)31-26/h3-13,20H,14-15H2,1-2H3,(H,28,36). The second-order valence-electron chi connectivity index (χ2n) is 8.96. The van der Waals surface area contributed by atoms with E-state index in [-0.39, 0.29) is 17.9 Å². The summed E-state index contributed by atoms with van der Waals surface area (Å²) in [6.07, 6.45) is 1.57. The summed E-state index contributed by atoms with van der Waals surface area (Å²) in [4.78, 5) is 38.6. The predicted octanol–water partition coefficient (Wildman–Crippen LogP) is 3.03. The lowest BCUT2D eigenvalue weighted by atomic mass is 10.0. The molecule has 38 heavy (non-hydrogen) atoms. The summed E-state index contributed by atoms with van der Waals surface area (Å²) in [5, 5.41) is 15.2. The minimum Gasteiger partial charge on any atom is -0.436 e. The van der Waals surface area contributed by atoms with Crippen LogP contribution in [0.1, 0.15) is 17.4 Å². The molecule has 0 unspecified atom stereocenters. The SMILES string of the molecule is CC(=O)Nc1ccc2oc(-c3ccnc(C(=O)N4CC(N(c5ccccc5)c5nnn(C)n5)C4)c3)nc2c1. The molecule has 12 nitrogen and oxygen atoms in total. The molecule has 1 saturated heterocycles. The topological polar surface area (TPSA) is 135 Å². The second kappa shape index (κ2) is 9.39. The van der Waals surface area contributed by atoms with Gasteiger partial charge in [-0.2, -0.15) is 4.80 Å². The van der Waals surface area contributed by atoms with E-state index in [1.807, 2.05) is 35.2 Å². The number of carbonyl (C=O) groups excluding carboxylic acids is 2. The smallest absolute Gasteiger partial charge is 0.272 e. The van der Waals surface area contributed by atoms with Gasteiger partial charge in [0.1, 0.15) is 11.2 Å². The average molecular weight is 510 g/mol. The van der Waals surface area contributed by atoms with Crippen molar-refractivity contribution in [3.63, 3.8) is 0 Å². The number of amides is 2. The van der Waals surface area contributed by atoms with Gasteiger partial charge in [-0.3, -0.25) is 14.6 Å². The molecule has 1 fully saturated rings. The van der Waals surface area contributed by atoms with Crippen LogP contribution in [0.25, 0.3) is 22.6 Å². The summed E-state index contributed by atoms with van der Waals surface area (Å²) in [5.74, 6) is 0.487. The van der Waals surface area contributed by atoms with Crippen LogP contribution in [0.3, 0.4) is 0 Å². The second-order valence-corrected chi connectivity index (χ2v) is 8.96. The molecule has 0 bridgehead atoms. The number of carbonyl (C=O) groups is 2. The lowest BCUT2D eigenvalue weighted by Crippen LogP contribution is -2.60. The third-order valence-corrected chi connectivity index (χ3v) is 6.20. The highest BCUT2D eigenvalue weighted by atomic mass is 16.3. The Kier molecular flexibility index (Phi) is 5.75. The fraction of sp³-hybridized carbons (Fsp3) is 0.192. The minimum absolute atomic E-state index is 0.0106. The summed E-state index contributed by atoms with van der Waals surface area (Å²) in [6, 6.07) is 18.4. The zero-order valence-electron chi connectivity index (χ0n) is 20.6. The van der Waals surface area contributed by atoms with E-state index in [1.54, 1.807) is 48.5 Å². The first-order valence-corrected chi connectivity index (χ1v) is 12.0. The van der Waals surface area contributed by atoms with Crippen LogP contribution in [-0.2, 0) is 11.8 Å². The van der Waals surface area contributed by atoms with Crippen molar-refractivity contribution >= 4 is 40.2 Å². The van der Waals surface area contributed by atoms with Gasteiger partial charge in [0.15, 0.2) is 5.58 Å². The van der Waals surface area contributed by atoms with E-state index in [9.17, 15) is 9.59 Å². The molecule has 0 atom stereocenters. The Bertz CT molecular complexity index is 1640. The van der Waals surface area contributed by atoms with Crippen molar-refractivity contribution in [1.29, 1.82) is 0 Å². The van der Waals surface area contributed by atoms with Crippen molar-refractivity contribution in [1.82, 2.24) is 35.1 Å². The van der Waals surface area contributed by atoms with E-state index in [2.05, 4.69) is 30.7 Å². The number of nitrogens with zero attached hydrogens (tertiary/aromatic N) is 8. The van der Waals surface area contributed by atoms with Crippen molar-refractivity contribution < 1.29 is 14.0 Å². The largest absolute Gasteiger partial charge is 0.436 e. The third-order valence-electron chi connectivity index (χ3n) is 6.20. The lowest BCUT2D eigenvalue weighted by molar-refractivity contribution is -0.114. The molecular formula is C26H23N9O3. The highest BCUT2D eigenvalue weighted by molar-refractivity contribution is 5.94. The molecule has 1 aliphatic heterocycles. The van der Waals surface area contributed by atoms with Crippen LogP contribution in [-0.4, -0.2) is 66.0 Å². The number of pyridine rings is 1. The molecular weight excluding hydrogens is 486 g/mol. The molecule has 6 rings (SSSR count). The molecule has 0 spiro atoms. The predicted molar refractivity (Wildman–Crippen MR) is 139 cm³/mol. The first kappa shape index (κ1) is 23.3. The Balaban J connectivity index is 1.20. The van der Waals surface area contributed by atoms with E-state index in [0.717, 1.165) is 5.69 Å². The van der Waals surface area contributed by atoms with E-state index < -0.39 is 0 Å². The van der Waals surface area contributed by atoms with Crippen LogP contribution < -0.4 is 10.2 Å². The van der Waals surface area contributed by atoms with E-state index >= 15 is 0 Å². The van der Waals surface area contributed by atoms with Gasteiger partial charge < -0.3 is 19.5 Å². The zero-order valence-corrected chi connectivity index (χ0v) is 20.6. The van der Waals surface area contributed by atoms with Crippen molar-refractivity contribution in [3.05, 3.63) is 72.6 Å². The lowest BCUT2D eigenvalue weighted by Gasteiger charge is -2.44. The maximum Gasteiger partial charge on any atom is 0.272 e. The number of tetrazole rings is 1. The van der Waals surface area contributed by atoms with Gasteiger partial charge >= 0.3 is 0 Å². The number of fused-ring (bicyclic) bond motifs is 1. The molecule has 1 N–H and O–H groups in total. The van der Waals surface area contributed by atoms with E-state index in [1.165, 1.54) is 11.7 Å². The van der Waals surface area contributed by atoms with Crippen LogP contribution in [0, 0.1) is 0 Å². The summed E-state index contributed by atoms with van der Waals surface area (Å²) in [7, 11) is 1.72. The van der Waals surface area contributed by atoms with Crippen molar-refractivity contribution in [2.45, 2.75) is 13.0 Å². The number of aromatic nitrogens is 6. The Morgan fingerprint density at radius 1 is 1.08 bits per heavy atom. The van der Waals surface area contributed by atoms with Gasteiger partial charge in [0.25, 0.3) is 11.9 Å². The van der Waals surface area contributed by atoms with E-state index in [4.69, 9.17) is 4.42 Å². The molecule has 2 aromatic carbocycles. The first-order chi connectivity index (χ1) is 18.4. The Hall–Kier alpha value is -5.13. The molecule has 190 valence electrons. The van der Waals surface area contributed by atoms with Crippen molar-refractivity contribution in [3.8, 4) is 11.5 Å². The molecule has 0 aliphatic carbocycles. The molecule has 2 amide bonds. The van der Waals surface area contributed by atoms with Gasteiger partial charge in [-0.25, -0.2) is 4.98 Å². The number of aryl methyl sites for hydroxylation is 1. The van der Waals surface area contributed by atoms with E-state index in [0.29, 0.717) is 53.0 Å². The number of nitrogens with one attached hydrogen (secondary N) is 1. The first-order valence-electron chi connectivity index (χ1n) is 12.0. The fourth-order valence-corrected chi connectivity index (χ4v) is 4.41. The van der Waals surface area contributed by atoms with Gasteiger partial charge in [0.05, 0.1) is 13.1 Å². The molecule has 0 radical (unpaired) electrons. The normalized spacial score (nSPS) is 13.4. The summed E-state index contributed by atoms with van der Waals surface area (Å²) >= 11 is 0. The highest BCUT2D eigenvalue weighted by Crippen LogP contribution is 2.30. The summed E-state index contributed by atoms with van der Waals surface area (Å²) in [5.41, 5.74) is 3.65. The van der Waals surface area contributed by atoms with Crippen LogP contribution in [0.5, 0.6) is 0 Å². The Morgan fingerprint density at radius 2 is 1.89 bits per heavy atom. The molecule has 1 aliphatic rings. The van der Waals surface area contributed by atoms with Gasteiger partial charge in [-0.05, 0) is 47.7 Å². The zero-order chi connectivity index (χ0) is 26.2. The number of para-hydroxylation sites is 1. The summed E-state index contributed by atoms with van der Waals surface area (Å²) < 4.78 is 5.89.